The third-order valence-electron chi connectivity index (χ3n) is 3.07. The molecule has 0 aliphatic carbocycles. The van der Waals surface area contributed by atoms with E-state index in [1.165, 1.54) is 12.1 Å². The molecule has 0 spiro atoms. The monoisotopic (exact) mass is 307 g/mol. The number of halogens is 3. The maximum Gasteiger partial charge on any atom is 0.417 e. The van der Waals surface area contributed by atoms with Gasteiger partial charge in [-0.25, -0.2) is 0 Å². The first kappa shape index (κ1) is 15.9. The van der Waals surface area contributed by atoms with Gasteiger partial charge < -0.3 is 9.84 Å². The summed E-state index contributed by atoms with van der Waals surface area (Å²) in [5.41, 5.74) is -0.116. The number of rotatable bonds is 3. The number of hydrogen-bond acceptors (Lipinski definition) is 3. The van der Waals surface area contributed by atoms with Crippen molar-refractivity contribution in [1.29, 1.82) is 5.26 Å². The van der Waals surface area contributed by atoms with Gasteiger partial charge in [0.15, 0.2) is 0 Å². The molecule has 2 rings (SSSR count). The summed E-state index contributed by atoms with van der Waals surface area (Å²) in [5.74, 6) is 0.376. The molecular formula is C16H12F3NO2. The molecule has 0 aliphatic rings. The van der Waals surface area contributed by atoms with E-state index < -0.39 is 17.3 Å². The lowest BCUT2D eigenvalue weighted by Gasteiger charge is -2.13. The highest BCUT2D eigenvalue weighted by Crippen LogP contribution is 2.35. The van der Waals surface area contributed by atoms with Crippen LogP contribution in [0.5, 0.6) is 11.5 Å². The highest BCUT2D eigenvalue weighted by molar-refractivity contribution is 5.46. The van der Waals surface area contributed by atoms with Crippen LogP contribution in [-0.2, 0) is 12.8 Å². The van der Waals surface area contributed by atoms with E-state index in [1.54, 1.807) is 25.1 Å². The molecule has 1 N–H and O–H groups in total. The fraction of sp³-hybridized carbons (Fsp3) is 0.188. The molecule has 3 nitrogen and oxygen atoms in total. The molecule has 2 aromatic rings. The van der Waals surface area contributed by atoms with Gasteiger partial charge in [0.25, 0.3) is 0 Å². The summed E-state index contributed by atoms with van der Waals surface area (Å²) in [6.45, 7) is 1.60. The minimum absolute atomic E-state index is 0.00817. The molecule has 0 radical (unpaired) electrons. The van der Waals surface area contributed by atoms with Crippen molar-refractivity contribution in [1.82, 2.24) is 0 Å². The summed E-state index contributed by atoms with van der Waals surface area (Å²) >= 11 is 0. The van der Waals surface area contributed by atoms with Gasteiger partial charge in [-0.15, -0.1) is 0 Å². The van der Waals surface area contributed by atoms with Gasteiger partial charge >= 0.3 is 6.18 Å². The minimum atomic E-state index is -4.62. The number of aryl methyl sites for hydroxylation is 1. The molecule has 0 heterocycles. The average Bonchev–Trinajstić information content (AvgIpc) is 2.48. The summed E-state index contributed by atoms with van der Waals surface area (Å²) in [5, 5.41) is 17.8. The van der Waals surface area contributed by atoms with Crippen LogP contribution < -0.4 is 4.74 Å². The van der Waals surface area contributed by atoms with Crippen LogP contribution in [0, 0.1) is 18.3 Å². The van der Waals surface area contributed by atoms with Crippen molar-refractivity contribution < 1.29 is 23.0 Å². The first-order valence-electron chi connectivity index (χ1n) is 6.34. The van der Waals surface area contributed by atoms with E-state index in [4.69, 9.17) is 15.1 Å². The van der Waals surface area contributed by atoms with Gasteiger partial charge in [-0.05, 0) is 42.3 Å². The molecule has 0 saturated heterocycles. The third-order valence-corrected chi connectivity index (χ3v) is 3.07. The SMILES string of the molecule is Cc1cc(CO)ccc1Oc1ccc(C#N)c(C(F)(F)F)c1. The van der Waals surface area contributed by atoms with Crippen LogP contribution >= 0.6 is 0 Å². The zero-order chi connectivity index (χ0) is 16.3. The van der Waals surface area contributed by atoms with Gasteiger partial charge in [-0.3, -0.25) is 0 Å². The predicted octanol–water partition coefficient (Wildman–Crippen LogP) is 4.17. The zero-order valence-corrected chi connectivity index (χ0v) is 11.6. The Morgan fingerprint density at radius 3 is 2.45 bits per heavy atom. The van der Waals surface area contributed by atoms with E-state index in [2.05, 4.69) is 0 Å². The molecule has 0 saturated carbocycles. The number of aliphatic hydroxyl groups excluding tert-OH is 1. The van der Waals surface area contributed by atoms with Gasteiger partial charge in [0, 0.05) is 0 Å². The van der Waals surface area contributed by atoms with Crippen molar-refractivity contribution in [2.24, 2.45) is 0 Å². The van der Waals surface area contributed by atoms with Crippen molar-refractivity contribution in [2.75, 3.05) is 0 Å². The lowest BCUT2D eigenvalue weighted by Crippen LogP contribution is -2.08. The van der Waals surface area contributed by atoms with Crippen molar-refractivity contribution in [3.05, 3.63) is 58.7 Å². The van der Waals surface area contributed by atoms with E-state index in [1.807, 2.05) is 0 Å². The molecule has 22 heavy (non-hydrogen) atoms. The molecular weight excluding hydrogens is 295 g/mol. The van der Waals surface area contributed by atoms with Crippen LogP contribution in [0.15, 0.2) is 36.4 Å². The molecule has 0 unspecified atom stereocenters. The van der Waals surface area contributed by atoms with Gasteiger partial charge in [0.05, 0.1) is 23.8 Å². The largest absolute Gasteiger partial charge is 0.457 e. The Bertz CT molecular complexity index is 733. The summed E-state index contributed by atoms with van der Waals surface area (Å²) in [4.78, 5) is 0. The van der Waals surface area contributed by atoms with E-state index >= 15 is 0 Å². The van der Waals surface area contributed by atoms with Crippen LogP contribution in [0.4, 0.5) is 13.2 Å². The second-order valence-electron chi connectivity index (χ2n) is 4.68. The summed E-state index contributed by atoms with van der Waals surface area (Å²) in [6, 6.07) is 9.59. The third kappa shape index (κ3) is 3.38. The number of nitriles is 1. The van der Waals surface area contributed by atoms with Gasteiger partial charge in [-0.2, -0.15) is 18.4 Å². The number of aliphatic hydroxyl groups is 1. The highest BCUT2D eigenvalue weighted by Gasteiger charge is 2.34. The van der Waals surface area contributed by atoms with Crippen LogP contribution in [0.2, 0.25) is 0 Å². The Hall–Kier alpha value is -2.52. The first-order chi connectivity index (χ1) is 10.3. The number of benzene rings is 2. The van der Waals surface area contributed by atoms with Crippen molar-refractivity contribution in [3.63, 3.8) is 0 Å². The Balaban J connectivity index is 2.37. The van der Waals surface area contributed by atoms with E-state index in [0.717, 1.165) is 12.1 Å². The smallest absolute Gasteiger partial charge is 0.417 e. The lowest BCUT2D eigenvalue weighted by atomic mass is 10.1. The molecule has 2 aromatic carbocycles. The van der Waals surface area contributed by atoms with E-state index in [9.17, 15) is 13.2 Å². The van der Waals surface area contributed by atoms with Crippen molar-refractivity contribution in [2.45, 2.75) is 19.7 Å². The summed E-state index contributed by atoms with van der Waals surface area (Å²) < 4.78 is 44.1. The topological polar surface area (TPSA) is 53.2 Å². The maximum absolute atomic E-state index is 12.9. The van der Waals surface area contributed by atoms with Crippen molar-refractivity contribution in [3.8, 4) is 17.6 Å². The predicted molar refractivity (Wildman–Crippen MR) is 73.3 cm³/mol. The molecule has 0 bridgehead atoms. The normalized spacial score (nSPS) is 11.1. The van der Waals surface area contributed by atoms with Crippen LogP contribution in [-0.4, -0.2) is 5.11 Å². The van der Waals surface area contributed by atoms with E-state index in [-0.39, 0.29) is 12.4 Å². The second-order valence-corrected chi connectivity index (χ2v) is 4.68. The minimum Gasteiger partial charge on any atom is -0.457 e. The molecule has 0 fully saturated rings. The Kier molecular flexibility index (Phi) is 4.38. The van der Waals surface area contributed by atoms with Crippen LogP contribution in [0.3, 0.4) is 0 Å². The molecule has 0 atom stereocenters. The molecule has 0 aromatic heterocycles. The second kappa shape index (κ2) is 6.08. The van der Waals surface area contributed by atoms with Crippen LogP contribution in [0.25, 0.3) is 0 Å². The van der Waals surface area contributed by atoms with Crippen molar-refractivity contribution >= 4 is 0 Å². The molecule has 0 aliphatic heterocycles. The standard InChI is InChI=1S/C16H12F3NO2/c1-10-6-11(9-21)2-5-15(10)22-13-4-3-12(8-20)14(7-13)16(17,18)19/h2-7,21H,9H2,1H3. The molecule has 0 amide bonds. The van der Waals surface area contributed by atoms with Gasteiger partial charge in [0.1, 0.15) is 11.5 Å². The quantitative estimate of drug-likeness (QED) is 0.926. The van der Waals surface area contributed by atoms with Gasteiger partial charge in [-0.1, -0.05) is 12.1 Å². The Morgan fingerprint density at radius 1 is 1.18 bits per heavy atom. The van der Waals surface area contributed by atoms with Crippen LogP contribution in [0.1, 0.15) is 22.3 Å². The Labute approximate surface area is 125 Å². The zero-order valence-electron chi connectivity index (χ0n) is 11.6. The Morgan fingerprint density at radius 2 is 1.91 bits per heavy atom. The molecule has 114 valence electrons. The fourth-order valence-corrected chi connectivity index (χ4v) is 1.97. The summed E-state index contributed by atoms with van der Waals surface area (Å²) in [6.07, 6.45) is -4.62. The lowest BCUT2D eigenvalue weighted by molar-refractivity contribution is -0.137. The highest BCUT2D eigenvalue weighted by atomic mass is 19.4. The number of hydrogen-bond donors (Lipinski definition) is 1. The average molecular weight is 307 g/mol. The van der Waals surface area contributed by atoms with E-state index in [0.29, 0.717) is 16.9 Å². The maximum atomic E-state index is 12.9. The number of nitrogens with zero attached hydrogens (tertiary/aromatic N) is 1. The fourth-order valence-electron chi connectivity index (χ4n) is 1.97. The number of alkyl halides is 3. The first-order valence-corrected chi connectivity index (χ1v) is 6.34. The number of ether oxygens (including phenoxy) is 1. The van der Waals surface area contributed by atoms with Gasteiger partial charge in [0.2, 0.25) is 0 Å². The summed E-state index contributed by atoms with van der Waals surface area (Å²) in [7, 11) is 0. The molecule has 6 heteroatoms.